The van der Waals surface area contributed by atoms with Crippen molar-refractivity contribution in [2.45, 2.75) is 51.7 Å². The lowest BCUT2D eigenvalue weighted by Crippen LogP contribution is -2.19. The number of hydrogen-bond acceptors (Lipinski definition) is 1. The quantitative estimate of drug-likeness (QED) is 0.705. The minimum absolute atomic E-state index is 0.154. The number of rotatable bonds is 6. The monoisotopic (exact) mass is 293 g/mol. The maximum atomic E-state index is 12.7. The second kappa shape index (κ2) is 7.04. The molecule has 0 aliphatic carbocycles. The molecule has 0 saturated heterocycles. The first-order valence-electron chi connectivity index (χ1n) is 6.51. The fraction of sp³-hybridized carbons (Fsp3) is 0.571. The second-order valence-corrected chi connectivity index (χ2v) is 4.99. The van der Waals surface area contributed by atoms with Gasteiger partial charge in [-0.25, -0.2) is 0 Å². The van der Waals surface area contributed by atoms with Crippen LogP contribution in [0, 0.1) is 0 Å². The molecule has 0 bridgehead atoms. The Morgan fingerprint density at radius 3 is 2.47 bits per heavy atom. The lowest BCUT2D eigenvalue weighted by molar-refractivity contribution is -0.137. The van der Waals surface area contributed by atoms with Crippen LogP contribution in [0.3, 0.4) is 0 Å². The van der Waals surface area contributed by atoms with Crippen LogP contribution < -0.4 is 5.32 Å². The summed E-state index contributed by atoms with van der Waals surface area (Å²) >= 11 is 5.95. The van der Waals surface area contributed by atoms with Crippen molar-refractivity contribution in [2.24, 2.45) is 0 Å². The topological polar surface area (TPSA) is 12.0 Å². The van der Waals surface area contributed by atoms with E-state index in [1.165, 1.54) is 6.07 Å². The van der Waals surface area contributed by atoms with Crippen molar-refractivity contribution in [1.29, 1.82) is 0 Å². The standard InChI is InChI=1S/C14H19ClF3N/c1-3-5-6-11(4-2)19-13-9-10(14(16,17)18)7-8-12(13)15/h7-9,11,19H,3-6H2,1-2H3. The van der Waals surface area contributed by atoms with Gasteiger partial charge in [0, 0.05) is 6.04 Å². The fourth-order valence-corrected chi connectivity index (χ4v) is 2.03. The Hall–Kier alpha value is -0.900. The highest BCUT2D eigenvalue weighted by Gasteiger charge is 2.31. The zero-order chi connectivity index (χ0) is 14.5. The summed E-state index contributed by atoms with van der Waals surface area (Å²) in [5.41, 5.74) is -0.316. The van der Waals surface area contributed by atoms with Crippen LogP contribution in [-0.2, 0) is 6.18 Å². The van der Waals surface area contributed by atoms with E-state index >= 15 is 0 Å². The highest BCUT2D eigenvalue weighted by atomic mass is 35.5. The zero-order valence-corrected chi connectivity index (χ0v) is 11.9. The van der Waals surface area contributed by atoms with Gasteiger partial charge < -0.3 is 5.32 Å². The molecule has 5 heteroatoms. The molecule has 0 heterocycles. The average molecular weight is 294 g/mol. The molecular formula is C14H19ClF3N. The van der Waals surface area contributed by atoms with E-state index in [1.54, 1.807) is 0 Å². The zero-order valence-electron chi connectivity index (χ0n) is 11.1. The summed E-state index contributed by atoms with van der Waals surface area (Å²) in [6.45, 7) is 4.10. The molecular weight excluding hydrogens is 275 g/mol. The van der Waals surface area contributed by atoms with Crippen molar-refractivity contribution in [3.63, 3.8) is 0 Å². The first-order chi connectivity index (χ1) is 8.88. The van der Waals surface area contributed by atoms with Crippen LogP contribution >= 0.6 is 11.6 Å². The van der Waals surface area contributed by atoms with Crippen LogP contribution in [0.25, 0.3) is 0 Å². The second-order valence-electron chi connectivity index (χ2n) is 4.58. The van der Waals surface area contributed by atoms with E-state index in [4.69, 9.17) is 11.6 Å². The fourth-order valence-electron chi connectivity index (χ4n) is 1.86. The molecule has 0 radical (unpaired) electrons. The molecule has 0 fully saturated rings. The van der Waals surface area contributed by atoms with Crippen molar-refractivity contribution >= 4 is 17.3 Å². The summed E-state index contributed by atoms with van der Waals surface area (Å²) < 4.78 is 38.0. The van der Waals surface area contributed by atoms with E-state index < -0.39 is 11.7 Å². The van der Waals surface area contributed by atoms with Crippen LogP contribution in [0.2, 0.25) is 5.02 Å². The van der Waals surface area contributed by atoms with Crippen LogP contribution in [0.1, 0.15) is 45.1 Å². The van der Waals surface area contributed by atoms with Crippen molar-refractivity contribution in [2.75, 3.05) is 5.32 Å². The highest BCUT2D eigenvalue weighted by Crippen LogP contribution is 2.34. The number of halogens is 4. The van der Waals surface area contributed by atoms with Crippen LogP contribution in [-0.4, -0.2) is 6.04 Å². The molecule has 108 valence electrons. The molecule has 1 rings (SSSR count). The number of unbranched alkanes of at least 4 members (excludes halogenated alkanes) is 1. The van der Waals surface area contributed by atoms with Gasteiger partial charge in [-0.3, -0.25) is 0 Å². The first-order valence-corrected chi connectivity index (χ1v) is 6.89. The van der Waals surface area contributed by atoms with Gasteiger partial charge in [0.1, 0.15) is 0 Å². The predicted molar refractivity (Wildman–Crippen MR) is 73.7 cm³/mol. The van der Waals surface area contributed by atoms with Gasteiger partial charge in [-0.2, -0.15) is 13.2 Å². The Morgan fingerprint density at radius 2 is 1.95 bits per heavy atom. The predicted octanol–water partition coefficient (Wildman–Crippen LogP) is 5.74. The Morgan fingerprint density at radius 1 is 1.26 bits per heavy atom. The van der Waals surface area contributed by atoms with E-state index in [-0.39, 0.29) is 6.04 Å². The highest BCUT2D eigenvalue weighted by molar-refractivity contribution is 6.33. The minimum Gasteiger partial charge on any atom is -0.381 e. The lowest BCUT2D eigenvalue weighted by atomic mass is 10.1. The SMILES string of the molecule is CCCCC(CC)Nc1cc(C(F)(F)F)ccc1Cl. The Labute approximate surface area is 117 Å². The van der Waals surface area contributed by atoms with Crippen LogP contribution in [0.15, 0.2) is 18.2 Å². The average Bonchev–Trinajstić information content (AvgIpc) is 2.35. The normalized spacial score (nSPS) is 13.4. The molecule has 1 aromatic rings. The van der Waals surface area contributed by atoms with Crippen molar-refractivity contribution in [3.8, 4) is 0 Å². The molecule has 1 unspecified atom stereocenters. The number of benzene rings is 1. The molecule has 1 nitrogen and oxygen atoms in total. The number of nitrogens with one attached hydrogen (secondary N) is 1. The van der Waals surface area contributed by atoms with Crippen LogP contribution in [0.4, 0.5) is 18.9 Å². The Kier molecular flexibility index (Phi) is 5.98. The summed E-state index contributed by atoms with van der Waals surface area (Å²) in [5, 5.41) is 3.43. The molecule has 0 amide bonds. The molecule has 1 aromatic carbocycles. The van der Waals surface area contributed by atoms with E-state index in [1.807, 2.05) is 6.92 Å². The Bertz CT molecular complexity index is 404. The van der Waals surface area contributed by atoms with E-state index in [0.717, 1.165) is 37.8 Å². The molecule has 0 aliphatic heterocycles. The first kappa shape index (κ1) is 16.2. The number of anilines is 1. The van der Waals surface area contributed by atoms with Crippen molar-refractivity contribution < 1.29 is 13.2 Å². The van der Waals surface area contributed by atoms with Gasteiger partial charge in [0.2, 0.25) is 0 Å². The number of alkyl halides is 3. The third-order valence-electron chi connectivity index (χ3n) is 3.05. The van der Waals surface area contributed by atoms with Crippen LogP contribution in [0.5, 0.6) is 0 Å². The molecule has 0 aromatic heterocycles. The van der Waals surface area contributed by atoms with E-state index in [9.17, 15) is 13.2 Å². The van der Waals surface area contributed by atoms with Gasteiger partial charge in [0.05, 0.1) is 16.3 Å². The van der Waals surface area contributed by atoms with Gasteiger partial charge in [0.15, 0.2) is 0 Å². The summed E-state index contributed by atoms with van der Waals surface area (Å²) in [4.78, 5) is 0. The Balaban J connectivity index is 2.86. The van der Waals surface area contributed by atoms with Gasteiger partial charge in [0.25, 0.3) is 0 Å². The van der Waals surface area contributed by atoms with Crippen molar-refractivity contribution in [1.82, 2.24) is 0 Å². The third kappa shape index (κ3) is 4.94. The third-order valence-corrected chi connectivity index (χ3v) is 3.38. The molecule has 19 heavy (non-hydrogen) atoms. The molecule has 0 saturated carbocycles. The molecule has 1 N–H and O–H groups in total. The molecule has 0 spiro atoms. The van der Waals surface area contributed by atoms with Crippen molar-refractivity contribution in [3.05, 3.63) is 28.8 Å². The van der Waals surface area contributed by atoms with Gasteiger partial charge >= 0.3 is 6.18 Å². The minimum atomic E-state index is -4.34. The summed E-state index contributed by atoms with van der Waals surface area (Å²) in [7, 11) is 0. The summed E-state index contributed by atoms with van der Waals surface area (Å²) in [6.07, 6.45) is -0.450. The summed E-state index contributed by atoms with van der Waals surface area (Å²) in [5.74, 6) is 0. The molecule has 0 aliphatic rings. The maximum absolute atomic E-state index is 12.7. The van der Waals surface area contributed by atoms with Gasteiger partial charge in [-0.1, -0.05) is 38.3 Å². The molecule has 1 atom stereocenters. The lowest BCUT2D eigenvalue weighted by Gasteiger charge is -2.20. The van der Waals surface area contributed by atoms with Gasteiger partial charge in [-0.15, -0.1) is 0 Å². The van der Waals surface area contributed by atoms with E-state index in [0.29, 0.717) is 10.7 Å². The number of hydrogen-bond donors (Lipinski definition) is 1. The summed E-state index contributed by atoms with van der Waals surface area (Å²) in [6, 6.07) is 3.53. The maximum Gasteiger partial charge on any atom is 0.416 e. The van der Waals surface area contributed by atoms with Gasteiger partial charge in [-0.05, 0) is 31.0 Å². The largest absolute Gasteiger partial charge is 0.416 e. The van der Waals surface area contributed by atoms with E-state index in [2.05, 4.69) is 12.2 Å². The smallest absolute Gasteiger partial charge is 0.381 e.